The highest BCUT2D eigenvalue weighted by molar-refractivity contribution is 5.35. The summed E-state index contributed by atoms with van der Waals surface area (Å²) < 4.78 is 13.0. The van der Waals surface area contributed by atoms with Crippen molar-refractivity contribution in [1.82, 2.24) is 4.98 Å². The first-order valence-corrected chi connectivity index (χ1v) is 6.21. The summed E-state index contributed by atoms with van der Waals surface area (Å²) >= 11 is 0. The third kappa shape index (κ3) is 3.55. The Morgan fingerprint density at radius 3 is 2.56 bits per heavy atom. The monoisotopic (exact) mass is 244 g/mol. The Kier molecular flexibility index (Phi) is 4.29. The molecule has 3 heteroatoms. The highest BCUT2D eigenvalue weighted by Crippen LogP contribution is 2.11. The molecule has 18 heavy (non-hydrogen) atoms. The van der Waals surface area contributed by atoms with Crippen LogP contribution in [-0.2, 0) is 6.42 Å². The molecule has 0 aliphatic carbocycles. The maximum absolute atomic E-state index is 13.0. The van der Waals surface area contributed by atoms with E-state index < -0.39 is 5.95 Å². The summed E-state index contributed by atoms with van der Waals surface area (Å²) in [7, 11) is 0. The van der Waals surface area contributed by atoms with Crippen LogP contribution in [0.3, 0.4) is 0 Å². The molecular formula is C15H17FN2. The Morgan fingerprint density at radius 1 is 1.11 bits per heavy atom. The summed E-state index contributed by atoms with van der Waals surface area (Å²) in [6.07, 6.45) is 1.88. The molecular weight excluding hydrogens is 227 g/mol. The third-order valence-corrected chi connectivity index (χ3v) is 2.88. The van der Waals surface area contributed by atoms with E-state index in [0.717, 1.165) is 12.8 Å². The van der Waals surface area contributed by atoms with Crippen LogP contribution in [0.4, 0.5) is 10.2 Å². The molecule has 0 amide bonds. The van der Waals surface area contributed by atoms with E-state index >= 15 is 0 Å². The molecule has 2 aromatic rings. The summed E-state index contributed by atoms with van der Waals surface area (Å²) in [4.78, 5) is 3.82. The van der Waals surface area contributed by atoms with Crippen LogP contribution in [-0.4, -0.2) is 11.0 Å². The van der Waals surface area contributed by atoms with Crippen molar-refractivity contribution in [3.8, 4) is 0 Å². The first-order chi connectivity index (χ1) is 8.78. The Labute approximate surface area is 107 Å². The van der Waals surface area contributed by atoms with E-state index in [-0.39, 0.29) is 6.04 Å². The third-order valence-electron chi connectivity index (χ3n) is 2.88. The van der Waals surface area contributed by atoms with E-state index in [4.69, 9.17) is 0 Å². The lowest BCUT2D eigenvalue weighted by atomic mass is 10.0. The van der Waals surface area contributed by atoms with Gasteiger partial charge >= 0.3 is 0 Å². The second-order valence-corrected chi connectivity index (χ2v) is 4.28. The van der Waals surface area contributed by atoms with Gasteiger partial charge in [-0.3, -0.25) is 0 Å². The van der Waals surface area contributed by atoms with Gasteiger partial charge in [-0.05, 0) is 30.5 Å². The Balaban J connectivity index is 2.01. The van der Waals surface area contributed by atoms with Crippen molar-refractivity contribution in [1.29, 1.82) is 0 Å². The number of aromatic nitrogens is 1. The van der Waals surface area contributed by atoms with E-state index in [0.29, 0.717) is 5.82 Å². The van der Waals surface area contributed by atoms with E-state index in [2.05, 4.69) is 29.4 Å². The predicted octanol–water partition coefficient (Wildman–Crippen LogP) is 3.65. The molecule has 1 N–H and O–H groups in total. The van der Waals surface area contributed by atoms with Gasteiger partial charge in [-0.15, -0.1) is 0 Å². The zero-order valence-electron chi connectivity index (χ0n) is 10.4. The van der Waals surface area contributed by atoms with Crippen LogP contribution >= 0.6 is 0 Å². The second-order valence-electron chi connectivity index (χ2n) is 4.28. The number of hydrogen-bond acceptors (Lipinski definition) is 2. The number of nitrogens with zero attached hydrogens (tertiary/aromatic N) is 1. The van der Waals surface area contributed by atoms with Gasteiger partial charge in [0.15, 0.2) is 0 Å². The van der Waals surface area contributed by atoms with Gasteiger partial charge in [-0.2, -0.15) is 4.39 Å². The van der Waals surface area contributed by atoms with Crippen molar-refractivity contribution < 1.29 is 4.39 Å². The summed E-state index contributed by atoms with van der Waals surface area (Å²) in [5.41, 5.74) is 1.27. The minimum Gasteiger partial charge on any atom is -0.367 e. The van der Waals surface area contributed by atoms with Gasteiger partial charge in [-0.25, -0.2) is 4.98 Å². The number of hydrogen-bond donors (Lipinski definition) is 1. The molecule has 1 unspecified atom stereocenters. The minimum absolute atomic E-state index is 0.265. The van der Waals surface area contributed by atoms with E-state index in [1.165, 1.54) is 11.6 Å². The molecule has 0 bridgehead atoms. The standard InChI is InChI=1S/C15H17FN2/c1-2-13(11-12-7-4-3-5-8-12)17-15-10-6-9-14(16)18-15/h3-10,13H,2,11H2,1H3,(H,17,18). The number of halogens is 1. The molecule has 0 spiro atoms. The summed E-state index contributed by atoms with van der Waals surface area (Å²) in [5, 5.41) is 3.27. The van der Waals surface area contributed by atoms with E-state index in [1.54, 1.807) is 12.1 Å². The van der Waals surface area contributed by atoms with Gasteiger partial charge in [0.1, 0.15) is 5.82 Å². The second kappa shape index (κ2) is 6.15. The molecule has 1 atom stereocenters. The molecule has 0 saturated carbocycles. The van der Waals surface area contributed by atoms with Gasteiger partial charge in [-0.1, -0.05) is 43.3 Å². The summed E-state index contributed by atoms with van der Waals surface area (Å²) in [6.45, 7) is 2.11. The zero-order valence-corrected chi connectivity index (χ0v) is 10.4. The van der Waals surface area contributed by atoms with Gasteiger partial charge in [0.25, 0.3) is 0 Å². The summed E-state index contributed by atoms with van der Waals surface area (Å²) in [5.74, 6) is 0.146. The molecule has 0 fully saturated rings. The Hall–Kier alpha value is -1.90. The lowest BCUT2D eigenvalue weighted by Gasteiger charge is -2.17. The first kappa shape index (κ1) is 12.6. The van der Waals surface area contributed by atoms with Crippen LogP contribution < -0.4 is 5.32 Å². The number of pyridine rings is 1. The largest absolute Gasteiger partial charge is 0.367 e. The van der Waals surface area contributed by atoms with Crippen molar-refractivity contribution >= 4 is 5.82 Å². The molecule has 2 nitrogen and oxygen atoms in total. The predicted molar refractivity (Wildman–Crippen MR) is 72.0 cm³/mol. The Morgan fingerprint density at radius 2 is 1.89 bits per heavy atom. The van der Waals surface area contributed by atoms with Gasteiger partial charge in [0.05, 0.1) is 0 Å². The van der Waals surface area contributed by atoms with Crippen LogP contribution in [0.15, 0.2) is 48.5 Å². The molecule has 2 rings (SSSR count). The molecule has 1 heterocycles. The fourth-order valence-corrected chi connectivity index (χ4v) is 1.89. The van der Waals surface area contributed by atoms with Crippen molar-refractivity contribution in [2.75, 3.05) is 5.32 Å². The maximum atomic E-state index is 13.0. The fraction of sp³-hybridized carbons (Fsp3) is 0.267. The summed E-state index contributed by atoms with van der Waals surface area (Å²) in [6, 6.07) is 15.3. The van der Waals surface area contributed by atoms with Gasteiger partial charge in [0.2, 0.25) is 5.95 Å². The van der Waals surface area contributed by atoms with E-state index in [9.17, 15) is 4.39 Å². The minimum atomic E-state index is -0.449. The van der Waals surface area contributed by atoms with Crippen molar-refractivity contribution in [2.24, 2.45) is 0 Å². The molecule has 1 aromatic heterocycles. The van der Waals surface area contributed by atoms with Crippen LogP contribution in [0.5, 0.6) is 0 Å². The lowest BCUT2D eigenvalue weighted by Crippen LogP contribution is -2.22. The van der Waals surface area contributed by atoms with Crippen molar-refractivity contribution in [2.45, 2.75) is 25.8 Å². The van der Waals surface area contributed by atoms with Crippen LogP contribution in [0.1, 0.15) is 18.9 Å². The molecule has 0 aliphatic rings. The normalized spacial score (nSPS) is 12.1. The SMILES string of the molecule is CCC(Cc1ccccc1)Nc1cccc(F)n1. The van der Waals surface area contributed by atoms with Gasteiger partial charge < -0.3 is 5.32 Å². The van der Waals surface area contributed by atoms with Crippen LogP contribution in [0.25, 0.3) is 0 Å². The number of anilines is 1. The highest BCUT2D eigenvalue weighted by atomic mass is 19.1. The number of benzene rings is 1. The molecule has 0 aliphatic heterocycles. The molecule has 0 saturated heterocycles. The molecule has 94 valence electrons. The van der Waals surface area contributed by atoms with Crippen molar-refractivity contribution in [3.63, 3.8) is 0 Å². The average molecular weight is 244 g/mol. The smallest absolute Gasteiger partial charge is 0.214 e. The zero-order chi connectivity index (χ0) is 12.8. The molecule has 1 aromatic carbocycles. The maximum Gasteiger partial charge on any atom is 0.214 e. The first-order valence-electron chi connectivity index (χ1n) is 6.21. The van der Waals surface area contributed by atoms with E-state index in [1.807, 2.05) is 18.2 Å². The van der Waals surface area contributed by atoms with Crippen molar-refractivity contribution in [3.05, 3.63) is 60.0 Å². The fourth-order valence-electron chi connectivity index (χ4n) is 1.89. The number of rotatable bonds is 5. The highest BCUT2D eigenvalue weighted by Gasteiger charge is 2.08. The quantitative estimate of drug-likeness (QED) is 0.812. The molecule has 0 radical (unpaired) electrons. The van der Waals surface area contributed by atoms with Crippen LogP contribution in [0, 0.1) is 5.95 Å². The van der Waals surface area contributed by atoms with Crippen LogP contribution in [0.2, 0.25) is 0 Å². The lowest BCUT2D eigenvalue weighted by molar-refractivity contribution is 0.582. The Bertz CT molecular complexity index is 485. The topological polar surface area (TPSA) is 24.9 Å². The number of nitrogens with one attached hydrogen (secondary N) is 1. The average Bonchev–Trinajstić information content (AvgIpc) is 2.39. The van der Waals surface area contributed by atoms with Gasteiger partial charge in [0, 0.05) is 6.04 Å².